The Morgan fingerprint density at radius 2 is 2.27 bits per heavy atom. The minimum atomic E-state index is -0.601. The lowest BCUT2D eigenvalue weighted by atomic mass is 10.2. The van der Waals surface area contributed by atoms with E-state index >= 15 is 0 Å². The van der Waals surface area contributed by atoms with E-state index in [4.69, 9.17) is 0 Å². The third kappa shape index (κ3) is 1.84. The Bertz CT molecular complexity index is 430. The number of nitrogens with one attached hydrogen (secondary N) is 2. The van der Waals surface area contributed by atoms with Crippen LogP contribution in [0.3, 0.4) is 0 Å². The van der Waals surface area contributed by atoms with Gasteiger partial charge in [0.05, 0.1) is 18.6 Å². The fraction of sp³-hybridized carbons (Fsp3) is 0.333. The van der Waals surface area contributed by atoms with Crippen LogP contribution in [0.5, 0.6) is 0 Å². The molecule has 1 aliphatic rings. The van der Waals surface area contributed by atoms with Gasteiger partial charge in [-0.15, -0.1) is 0 Å². The predicted octanol–water partition coefficient (Wildman–Crippen LogP) is -0.279. The third-order valence-electron chi connectivity index (χ3n) is 2.07. The summed E-state index contributed by atoms with van der Waals surface area (Å²) in [5.41, 5.74) is 0.764. The second-order valence-electron chi connectivity index (χ2n) is 3.22. The van der Waals surface area contributed by atoms with Crippen molar-refractivity contribution in [1.29, 1.82) is 0 Å². The number of carbonyl (C=O) groups excluding carboxylic acids is 2. The highest BCUT2D eigenvalue weighted by molar-refractivity contribution is 6.42. The first kappa shape index (κ1) is 9.72. The number of hydrogen-bond acceptors (Lipinski definition) is 6. The second-order valence-corrected chi connectivity index (χ2v) is 3.22. The van der Waals surface area contributed by atoms with E-state index in [2.05, 4.69) is 20.6 Å². The van der Waals surface area contributed by atoms with Crippen LogP contribution in [0.4, 0.5) is 5.82 Å². The number of carbonyl (C=O) groups is 2. The Labute approximate surface area is 86.1 Å². The molecule has 78 valence electrons. The Hall–Kier alpha value is -1.82. The summed E-state index contributed by atoms with van der Waals surface area (Å²) in [6, 6.07) is 0. The van der Waals surface area contributed by atoms with Gasteiger partial charge in [-0.25, -0.2) is 9.97 Å². The molecule has 0 saturated carbocycles. The van der Waals surface area contributed by atoms with E-state index in [1.807, 2.05) is 0 Å². The highest BCUT2D eigenvalue weighted by Crippen LogP contribution is 2.12. The molecule has 0 saturated heterocycles. The van der Waals surface area contributed by atoms with Crippen molar-refractivity contribution in [2.24, 2.45) is 0 Å². The highest BCUT2D eigenvalue weighted by Gasteiger charge is 2.17. The summed E-state index contributed by atoms with van der Waals surface area (Å²) in [5, 5.41) is 6.00. The summed E-state index contributed by atoms with van der Waals surface area (Å²) in [6.45, 7) is 2.40. The number of ketones is 2. The van der Waals surface area contributed by atoms with Gasteiger partial charge in [-0.3, -0.25) is 14.9 Å². The molecule has 0 fully saturated rings. The van der Waals surface area contributed by atoms with Crippen LogP contribution in [0.1, 0.15) is 23.1 Å². The maximum absolute atomic E-state index is 11.3. The number of nitrogens with zero attached hydrogens (tertiary/aromatic N) is 2. The molecule has 1 aromatic rings. The molecule has 2 rings (SSSR count). The van der Waals surface area contributed by atoms with Gasteiger partial charge in [-0.05, 0) is 0 Å². The van der Waals surface area contributed by atoms with Crippen molar-refractivity contribution < 1.29 is 9.59 Å². The van der Waals surface area contributed by atoms with Crippen LogP contribution in [-0.4, -0.2) is 28.2 Å². The largest absolute Gasteiger partial charge is 0.356 e. The van der Waals surface area contributed by atoms with Gasteiger partial charge in [0, 0.05) is 13.5 Å². The first-order valence-corrected chi connectivity index (χ1v) is 4.54. The van der Waals surface area contributed by atoms with E-state index in [-0.39, 0.29) is 5.69 Å². The zero-order valence-corrected chi connectivity index (χ0v) is 8.20. The van der Waals surface area contributed by atoms with Crippen molar-refractivity contribution in [3.63, 3.8) is 0 Å². The molecule has 6 nitrogen and oxygen atoms in total. The molecule has 0 aromatic carbocycles. The molecule has 0 amide bonds. The van der Waals surface area contributed by atoms with E-state index in [1.54, 1.807) is 0 Å². The lowest BCUT2D eigenvalue weighted by Crippen LogP contribution is -2.30. The SMILES string of the molecule is CC(=O)C(=O)c1cnc2c(n1)CNCN2. The molecule has 1 aliphatic heterocycles. The van der Waals surface area contributed by atoms with Gasteiger partial charge in [-0.1, -0.05) is 0 Å². The minimum absolute atomic E-state index is 0.103. The Kier molecular flexibility index (Phi) is 2.42. The molecule has 0 atom stereocenters. The molecule has 0 spiro atoms. The van der Waals surface area contributed by atoms with E-state index in [9.17, 15) is 9.59 Å². The molecule has 2 N–H and O–H groups in total. The minimum Gasteiger partial charge on any atom is -0.356 e. The lowest BCUT2D eigenvalue weighted by Gasteiger charge is -2.16. The van der Waals surface area contributed by atoms with Crippen molar-refractivity contribution in [3.8, 4) is 0 Å². The predicted molar refractivity (Wildman–Crippen MR) is 52.4 cm³/mol. The highest BCUT2D eigenvalue weighted by atomic mass is 16.2. The van der Waals surface area contributed by atoms with Crippen molar-refractivity contribution >= 4 is 17.4 Å². The van der Waals surface area contributed by atoms with Gasteiger partial charge in [0.1, 0.15) is 11.5 Å². The summed E-state index contributed by atoms with van der Waals surface area (Å²) in [4.78, 5) is 30.3. The molecule has 0 aliphatic carbocycles. The second kappa shape index (κ2) is 3.74. The Morgan fingerprint density at radius 3 is 3.00 bits per heavy atom. The van der Waals surface area contributed by atoms with Gasteiger partial charge < -0.3 is 5.32 Å². The van der Waals surface area contributed by atoms with Crippen LogP contribution in [0.15, 0.2) is 6.20 Å². The van der Waals surface area contributed by atoms with Crippen molar-refractivity contribution in [2.75, 3.05) is 12.0 Å². The quantitative estimate of drug-likeness (QED) is 0.511. The topological polar surface area (TPSA) is 84.0 Å². The maximum atomic E-state index is 11.3. The van der Waals surface area contributed by atoms with Crippen LogP contribution >= 0.6 is 0 Å². The van der Waals surface area contributed by atoms with Crippen molar-refractivity contribution in [1.82, 2.24) is 15.3 Å². The van der Waals surface area contributed by atoms with Crippen LogP contribution in [-0.2, 0) is 11.3 Å². The van der Waals surface area contributed by atoms with E-state index < -0.39 is 11.6 Å². The smallest absolute Gasteiger partial charge is 0.248 e. The maximum Gasteiger partial charge on any atom is 0.248 e. The van der Waals surface area contributed by atoms with Gasteiger partial charge >= 0.3 is 0 Å². The summed E-state index contributed by atoms with van der Waals surface area (Å²) < 4.78 is 0. The monoisotopic (exact) mass is 206 g/mol. The van der Waals surface area contributed by atoms with Crippen LogP contribution < -0.4 is 10.6 Å². The number of aromatic nitrogens is 2. The molecule has 0 unspecified atom stereocenters. The number of Topliss-reactive ketones (excluding diaryl/α,β-unsaturated/α-hetero) is 2. The van der Waals surface area contributed by atoms with Crippen molar-refractivity contribution in [3.05, 3.63) is 17.6 Å². The normalized spacial score (nSPS) is 13.9. The molecular formula is C9H10N4O2. The van der Waals surface area contributed by atoms with E-state index in [0.717, 1.165) is 0 Å². The fourth-order valence-corrected chi connectivity index (χ4v) is 1.32. The number of fused-ring (bicyclic) bond motifs is 1. The third-order valence-corrected chi connectivity index (χ3v) is 2.07. The van der Waals surface area contributed by atoms with Crippen LogP contribution in [0.2, 0.25) is 0 Å². The van der Waals surface area contributed by atoms with Crippen LogP contribution in [0.25, 0.3) is 0 Å². The number of hydrogen-bond donors (Lipinski definition) is 2. The first-order chi connectivity index (χ1) is 7.18. The summed E-state index contributed by atoms with van der Waals surface area (Å²) in [7, 11) is 0. The molecule has 0 bridgehead atoms. The zero-order chi connectivity index (χ0) is 10.8. The molecule has 6 heteroatoms. The van der Waals surface area contributed by atoms with Gasteiger partial charge in [0.25, 0.3) is 0 Å². The average molecular weight is 206 g/mol. The molecular weight excluding hydrogens is 196 g/mol. The Morgan fingerprint density at radius 1 is 1.47 bits per heavy atom. The van der Waals surface area contributed by atoms with Gasteiger partial charge in [-0.2, -0.15) is 0 Å². The number of anilines is 1. The first-order valence-electron chi connectivity index (χ1n) is 4.54. The lowest BCUT2D eigenvalue weighted by molar-refractivity contribution is -0.113. The summed E-state index contributed by atoms with van der Waals surface area (Å²) in [6.07, 6.45) is 1.32. The molecule has 1 aromatic heterocycles. The molecule has 2 heterocycles. The summed E-state index contributed by atoms with van der Waals surface area (Å²) >= 11 is 0. The number of rotatable bonds is 2. The van der Waals surface area contributed by atoms with Crippen molar-refractivity contribution in [2.45, 2.75) is 13.5 Å². The zero-order valence-electron chi connectivity index (χ0n) is 8.20. The van der Waals surface area contributed by atoms with E-state index in [0.29, 0.717) is 24.7 Å². The average Bonchev–Trinajstić information content (AvgIpc) is 2.27. The Balaban J connectivity index is 2.36. The standard InChI is InChI=1S/C9H10N4O2/c1-5(14)8(15)6-3-11-9-7(13-6)2-10-4-12-9/h3,10H,2,4H2,1H3,(H,11,12). The van der Waals surface area contributed by atoms with E-state index in [1.165, 1.54) is 13.1 Å². The van der Waals surface area contributed by atoms with Gasteiger partial charge in [0.15, 0.2) is 0 Å². The van der Waals surface area contributed by atoms with Crippen LogP contribution in [0, 0.1) is 0 Å². The molecule has 15 heavy (non-hydrogen) atoms. The molecule has 0 radical (unpaired) electrons. The van der Waals surface area contributed by atoms with Gasteiger partial charge in [0.2, 0.25) is 11.6 Å². The fourth-order valence-electron chi connectivity index (χ4n) is 1.32. The summed E-state index contributed by atoms with van der Waals surface area (Å²) in [5.74, 6) is -0.467.